The van der Waals surface area contributed by atoms with Crippen molar-refractivity contribution in [3.8, 4) is 11.1 Å². The zero-order chi connectivity index (χ0) is 11.4. The quantitative estimate of drug-likeness (QED) is 0.802. The summed E-state index contributed by atoms with van der Waals surface area (Å²) >= 11 is 0. The van der Waals surface area contributed by atoms with Crippen molar-refractivity contribution in [1.82, 2.24) is 5.48 Å². The molecule has 0 fully saturated rings. The molecule has 2 aromatic rings. The summed E-state index contributed by atoms with van der Waals surface area (Å²) in [5.74, 6) is -0.153. The second-order valence-electron chi connectivity index (χ2n) is 3.16. The van der Waals surface area contributed by atoms with Crippen molar-refractivity contribution in [2.24, 2.45) is 0 Å². The molecule has 0 saturated heterocycles. The van der Waals surface area contributed by atoms with Gasteiger partial charge in [-0.15, -0.1) is 0 Å². The Morgan fingerprint density at radius 3 is 2.69 bits per heavy atom. The highest BCUT2D eigenvalue weighted by molar-refractivity contribution is 5.97. The normalized spacial score (nSPS) is 10.1. The van der Waals surface area contributed by atoms with Crippen molar-refractivity contribution in [3.63, 3.8) is 0 Å². The first-order valence-electron chi connectivity index (χ1n) is 4.79. The largest absolute Gasteiger partial charge is 0.458 e. The van der Waals surface area contributed by atoms with Crippen LogP contribution in [0.2, 0.25) is 0 Å². The first-order valence-corrected chi connectivity index (χ1v) is 4.79. The number of nitrogens with one attached hydrogen (secondary N) is 1. The number of rotatable bonds is 3. The number of hydrogen-bond donors (Lipinski definition) is 1. The van der Waals surface area contributed by atoms with Gasteiger partial charge in [-0.2, -0.15) is 0 Å². The van der Waals surface area contributed by atoms with Crippen LogP contribution in [0, 0.1) is 0 Å². The van der Waals surface area contributed by atoms with E-state index in [4.69, 9.17) is 4.42 Å². The third-order valence-corrected chi connectivity index (χ3v) is 2.15. The summed E-state index contributed by atoms with van der Waals surface area (Å²) in [5, 5.41) is 0. The highest BCUT2D eigenvalue weighted by atomic mass is 16.6. The SMILES string of the molecule is CONC(=O)c1occc1-c1ccccc1. The minimum absolute atomic E-state index is 0.244. The molecule has 1 N–H and O–H groups in total. The number of carbonyl (C=O) groups excluding carboxylic acids is 1. The Kier molecular flexibility index (Phi) is 3.03. The Hall–Kier alpha value is -2.07. The van der Waals surface area contributed by atoms with E-state index in [0.29, 0.717) is 0 Å². The summed E-state index contributed by atoms with van der Waals surface area (Å²) in [6.45, 7) is 0. The van der Waals surface area contributed by atoms with Crippen LogP contribution in [0.4, 0.5) is 0 Å². The first-order chi connectivity index (χ1) is 7.83. The predicted octanol–water partition coefficient (Wildman–Crippen LogP) is 2.24. The molecule has 1 aromatic heterocycles. The zero-order valence-electron chi connectivity index (χ0n) is 8.77. The molecule has 0 aliphatic heterocycles. The second-order valence-corrected chi connectivity index (χ2v) is 3.16. The molecule has 4 heteroatoms. The Morgan fingerprint density at radius 1 is 1.25 bits per heavy atom. The number of hydroxylamine groups is 1. The lowest BCUT2D eigenvalue weighted by Crippen LogP contribution is -2.21. The van der Waals surface area contributed by atoms with E-state index in [1.165, 1.54) is 13.4 Å². The molecule has 0 saturated carbocycles. The van der Waals surface area contributed by atoms with Crippen LogP contribution < -0.4 is 5.48 Å². The topological polar surface area (TPSA) is 51.5 Å². The molecular weight excluding hydrogens is 206 g/mol. The molecule has 0 aliphatic rings. The van der Waals surface area contributed by atoms with E-state index in [2.05, 4.69) is 10.3 Å². The van der Waals surface area contributed by atoms with E-state index < -0.39 is 5.91 Å². The molecule has 0 unspecified atom stereocenters. The lowest BCUT2D eigenvalue weighted by molar-refractivity contribution is 0.0511. The maximum atomic E-state index is 11.6. The van der Waals surface area contributed by atoms with Crippen molar-refractivity contribution in [2.45, 2.75) is 0 Å². The van der Waals surface area contributed by atoms with E-state index >= 15 is 0 Å². The van der Waals surface area contributed by atoms with Crippen LogP contribution in [0.3, 0.4) is 0 Å². The van der Waals surface area contributed by atoms with Crippen LogP contribution in [0.1, 0.15) is 10.6 Å². The number of furan rings is 1. The van der Waals surface area contributed by atoms with Gasteiger partial charge in [-0.05, 0) is 11.6 Å². The van der Waals surface area contributed by atoms with Crippen LogP contribution in [0.25, 0.3) is 11.1 Å². The number of carbonyl (C=O) groups is 1. The van der Waals surface area contributed by atoms with Gasteiger partial charge in [0.05, 0.1) is 13.4 Å². The summed E-state index contributed by atoms with van der Waals surface area (Å²) in [6.07, 6.45) is 1.48. The Bertz CT molecular complexity index is 476. The maximum absolute atomic E-state index is 11.6. The number of benzene rings is 1. The highest BCUT2D eigenvalue weighted by Gasteiger charge is 2.15. The summed E-state index contributed by atoms with van der Waals surface area (Å²) in [7, 11) is 1.38. The third-order valence-electron chi connectivity index (χ3n) is 2.15. The fourth-order valence-corrected chi connectivity index (χ4v) is 1.47. The van der Waals surface area contributed by atoms with Gasteiger partial charge in [0, 0.05) is 5.56 Å². The van der Waals surface area contributed by atoms with Gasteiger partial charge in [-0.3, -0.25) is 9.63 Å². The van der Waals surface area contributed by atoms with Crippen molar-refractivity contribution < 1.29 is 14.0 Å². The molecular formula is C12H11NO3. The first kappa shape index (κ1) is 10.4. The van der Waals surface area contributed by atoms with Crippen LogP contribution >= 0.6 is 0 Å². The van der Waals surface area contributed by atoms with Gasteiger partial charge in [-0.25, -0.2) is 5.48 Å². The van der Waals surface area contributed by atoms with Gasteiger partial charge in [0.25, 0.3) is 0 Å². The van der Waals surface area contributed by atoms with Crippen LogP contribution in [-0.2, 0) is 4.84 Å². The monoisotopic (exact) mass is 217 g/mol. The average Bonchev–Trinajstić information content (AvgIpc) is 2.79. The van der Waals surface area contributed by atoms with Crippen LogP contribution in [0.5, 0.6) is 0 Å². The lowest BCUT2D eigenvalue weighted by Gasteiger charge is -2.02. The van der Waals surface area contributed by atoms with E-state index in [1.807, 2.05) is 30.3 Å². The summed E-state index contributed by atoms with van der Waals surface area (Å²) < 4.78 is 5.14. The van der Waals surface area contributed by atoms with Crippen LogP contribution in [-0.4, -0.2) is 13.0 Å². The Labute approximate surface area is 92.8 Å². The zero-order valence-corrected chi connectivity index (χ0v) is 8.77. The number of amides is 1. The van der Waals surface area contributed by atoms with Crippen molar-refractivity contribution >= 4 is 5.91 Å². The van der Waals surface area contributed by atoms with Gasteiger partial charge in [0.2, 0.25) is 5.76 Å². The molecule has 0 aliphatic carbocycles. The molecule has 1 heterocycles. The summed E-state index contributed by atoms with van der Waals surface area (Å²) in [4.78, 5) is 16.1. The third kappa shape index (κ3) is 1.97. The van der Waals surface area contributed by atoms with E-state index in [0.717, 1.165) is 11.1 Å². The predicted molar refractivity (Wildman–Crippen MR) is 58.6 cm³/mol. The van der Waals surface area contributed by atoms with Crippen molar-refractivity contribution in [1.29, 1.82) is 0 Å². The van der Waals surface area contributed by atoms with E-state index in [9.17, 15) is 4.79 Å². The Balaban J connectivity index is 2.37. The molecule has 1 amide bonds. The molecule has 0 spiro atoms. The van der Waals surface area contributed by atoms with E-state index in [-0.39, 0.29) is 5.76 Å². The summed E-state index contributed by atoms with van der Waals surface area (Å²) in [5.41, 5.74) is 3.90. The highest BCUT2D eigenvalue weighted by Crippen LogP contribution is 2.24. The average molecular weight is 217 g/mol. The van der Waals surface area contributed by atoms with Gasteiger partial charge in [0.1, 0.15) is 0 Å². The minimum Gasteiger partial charge on any atom is -0.458 e. The molecule has 0 bridgehead atoms. The molecule has 2 rings (SSSR count). The van der Waals surface area contributed by atoms with Crippen molar-refractivity contribution in [3.05, 3.63) is 48.4 Å². The second kappa shape index (κ2) is 4.63. The summed E-state index contributed by atoms with van der Waals surface area (Å²) in [6, 6.07) is 11.3. The molecule has 0 atom stereocenters. The Morgan fingerprint density at radius 2 is 2.00 bits per heavy atom. The smallest absolute Gasteiger partial charge is 0.311 e. The standard InChI is InChI=1S/C12H11NO3/c1-15-13-12(14)11-10(7-8-16-11)9-5-3-2-4-6-9/h2-8H,1H3,(H,13,14). The molecule has 0 radical (unpaired) electrons. The molecule has 16 heavy (non-hydrogen) atoms. The minimum atomic E-state index is -0.397. The fraction of sp³-hybridized carbons (Fsp3) is 0.0833. The van der Waals surface area contributed by atoms with Crippen LogP contribution in [0.15, 0.2) is 47.1 Å². The number of hydrogen-bond acceptors (Lipinski definition) is 3. The van der Waals surface area contributed by atoms with Gasteiger partial charge in [0.15, 0.2) is 0 Å². The maximum Gasteiger partial charge on any atom is 0.311 e. The van der Waals surface area contributed by atoms with Gasteiger partial charge in [-0.1, -0.05) is 30.3 Å². The fourth-order valence-electron chi connectivity index (χ4n) is 1.47. The molecule has 82 valence electrons. The van der Waals surface area contributed by atoms with Crippen molar-refractivity contribution in [2.75, 3.05) is 7.11 Å². The van der Waals surface area contributed by atoms with Gasteiger partial charge < -0.3 is 4.42 Å². The van der Waals surface area contributed by atoms with E-state index in [1.54, 1.807) is 6.07 Å². The molecule has 4 nitrogen and oxygen atoms in total. The molecule has 1 aromatic carbocycles. The lowest BCUT2D eigenvalue weighted by atomic mass is 10.1. The van der Waals surface area contributed by atoms with Gasteiger partial charge >= 0.3 is 5.91 Å².